The van der Waals surface area contributed by atoms with Crippen LogP contribution in [0, 0.1) is 20.8 Å². The molecule has 0 unspecified atom stereocenters. The summed E-state index contributed by atoms with van der Waals surface area (Å²) in [5.41, 5.74) is 4.02. The van der Waals surface area contributed by atoms with Gasteiger partial charge < -0.3 is 5.32 Å². The van der Waals surface area contributed by atoms with Crippen LogP contribution in [-0.4, -0.2) is 27.1 Å². The first kappa shape index (κ1) is 19.3. The maximum atomic E-state index is 12.5. The predicted molar refractivity (Wildman–Crippen MR) is 103 cm³/mol. The number of carbonyl (C=O) groups excluding carboxylic acids is 1. The Hall–Kier alpha value is -2.05. The van der Waals surface area contributed by atoms with E-state index in [-0.39, 0.29) is 6.54 Å². The summed E-state index contributed by atoms with van der Waals surface area (Å²) in [6.07, 6.45) is 1.06. The Morgan fingerprint density at radius 1 is 1.12 bits per heavy atom. The van der Waals surface area contributed by atoms with E-state index in [1.54, 1.807) is 18.2 Å². The number of halogens is 1. The molecule has 2 aromatic rings. The van der Waals surface area contributed by atoms with Crippen molar-refractivity contribution in [1.29, 1.82) is 0 Å². The van der Waals surface area contributed by atoms with Gasteiger partial charge in [-0.05, 0) is 50.1 Å². The van der Waals surface area contributed by atoms with Crippen LogP contribution in [0.2, 0.25) is 5.02 Å². The van der Waals surface area contributed by atoms with E-state index in [4.69, 9.17) is 11.6 Å². The molecular weight excluding hydrogens is 360 g/mol. The van der Waals surface area contributed by atoms with Crippen molar-refractivity contribution in [2.75, 3.05) is 22.4 Å². The molecule has 0 aliphatic rings. The van der Waals surface area contributed by atoms with Gasteiger partial charge in [0.15, 0.2) is 0 Å². The molecule has 0 atom stereocenters. The second-order valence-electron chi connectivity index (χ2n) is 6.07. The van der Waals surface area contributed by atoms with Crippen LogP contribution in [0.5, 0.6) is 0 Å². The minimum atomic E-state index is -3.64. The Morgan fingerprint density at radius 3 is 2.24 bits per heavy atom. The van der Waals surface area contributed by atoms with Crippen molar-refractivity contribution in [2.45, 2.75) is 20.8 Å². The fourth-order valence-electron chi connectivity index (χ4n) is 2.72. The summed E-state index contributed by atoms with van der Waals surface area (Å²) >= 11 is 5.94. The highest BCUT2D eigenvalue weighted by Crippen LogP contribution is 2.24. The summed E-state index contributed by atoms with van der Waals surface area (Å²) in [5, 5.41) is 3.21. The zero-order chi connectivity index (χ0) is 18.8. The van der Waals surface area contributed by atoms with Crippen LogP contribution in [0.1, 0.15) is 16.7 Å². The van der Waals surface area contributed by atoms with E-state index in [0.717, 1.165) is 27.3 Å². The van der Waals surface area contributed by atoms with Gasteiger partial charge in [-0.2, -0.15) is 0 Å². The van der Waals surface area contributed by atoms with Crippen molar-refractivity contribution in [3.63, 3.8) is 0 Å². The average Bonchev–Trinajstić information content (AvgIpc) is 2.47. The Balaban J connectivity index is 2.27. The number of nitrogens with one attached hydrogen (secondary N) is 1. The number of aryl methyl sites for hydroxylation is 3. The maximum absolute atomic E-state index is 12.5. The zero-order valence-electron chi connectivity index (χ0n) is 14.6. The minimum absolute atomic E-state index is 0.327. The lowest BCUT2D eigenvalue weighted by molar-refractivity contribution is -0.114. The number of hydrogen-bond donors (Lipinski definition) is 1. The first-order valence-corrected chi connectivity index (χ1v) is 9.91. The quantitative estimate of drug-likeness (QED) is 0.860. The molecular formula is C18H21ClN2O3S. The standard InChI is InChI=1S/C18H21ClN2O3S/c1-12-8-13(2)18(14(3)9-12)20-17(22)11-21(25(4,23)24)16-7-5-6-15(19)10-16/h5-10H,11H2,1-4H3,(H,20,22). The lowest BCUT2D eigenvalue weighted by atomic mass is 10.1. The SMILES string of the molecule is Cc1cc(C)c(NC(=O)CN(c2cccc(Cl)c2)S(C)(=O)=O)c(C)c1. The molecule has 2 rings (SSSR count). The summed E-state index contributed by atoms with van der Waals surface area (Å²) in [6.45, 7) is 5.46. The van der Waals surface area contributed by atoms with Gasteiger partial charge in [0.25, 0.3) is 0 Å². The lowest BCUT2D eigenvalue weighted by Crippen LogP contribution is -2.37. The summed E-state index contributed by atoms with van der Waals surface area (Å²) in [4.78, 5) is 12.5. The van der Waals surface area contributed by atoms with Gasteiger partial charge in [0.1, 0.15) is 6.54 Å². The highest BCUT2D eigenvalue weighted by Gasteiger charge is 2.21. The van der Waals surface area contributed by atoms with Gasteiger partial charge >= 0.3 is 0 Å². The number of rotatable bonds is 5. The molecule has 0 aliphatic heterocycles. The molecule has 5 nitrogen and oxygen atoms in total. The van der Waals surface area contributed by atoms with E-state index in [9.17, 15) is 13.2 Å². The van der Waals surface area contributed by atoms with E-state index < -0.39 is 15.9 Å². The zero-order valence-corrected chi connectivity index (χ0v) is 16.2. The molecule has 0 spiro atoms. The first-order chi connectivity index (χ1) is 11.6. The van der Waals surface area contributed by atoms with Crippen molar-refractivity contribution in [1.82, 2.24) is 0 Å². The van der Waals surface area contributed by atoms with E-state index in [2.05, 4.69) is 5.32 Å². The van der Waals surface area contributed by atoms with E-state index in [0.29, 0.717) is 16.4 Å². The molecule has 0 heterocycles. The average molecular weight is 381 g/mol. The summed E-state index contributed by atoms with van der Waals surface area (Å²) < 4.78 is 25.3. The second kappa shape index (κ2) is 7.45. The van der Waals surface area contributed by atoms with Crippen LogP contribution in [0.4, 0.5) is 11.4 Å². The third kappa shape index (κ3) is 4.96. The molecule has 7 heteroatoms. The number of amides is 1. The molecule has 0 saturated carbocycles. The Morgan fingerprint density at radius 2 is 1.72 bits per heavy atom. The molecule has 0 saturated heterocycles. The number of nitrogens with zero attached hydrogens (tertiary/aromatic N) is 1. The summed E-state index contributed by atoms with van der Waals surface area (Å²) in [5.74, 6) is -0.416. The van der Waals surface area contributed by atoms with Gasteiger partial charge in [0.2, 0.25) is 15.9 Å². The Labute approximate surface area is 153 Å². The first-order valence-electron chi connectivity index (χ1n) is 7.69. The molecule has 0 radical (unpaired) electrons. The smallest absolute Gasteiger partial charge is 0.245 e. The highest BCUT2D eigenvalue weighted by atomic mass is 35.5. The van der Waals surface area contributed by atoms with Crippen LogP contribution < -0.4 is 9.62 Å². The molecule has 134 valence electrons. The minimum Gasteiger partial charge on any atom is -0.324 e. The normalized spacial score (nSPS) is 11.2. The van der Waals surface area contributed by atoms with Crippen LogP contribution in [-0.2, 0) is 14.8 Å². The maximum Gasteiger partial charge on any atom is 0.245 e. The number of anilines is 2. The van der Waals surface area contributed by atoms with Gasteiger partial charge in [-0.25, -0.2) is 8.42 Å². The van der Waals surface area contributed by atoms with Crippen LogP contribution in [0.25, 0.3) is 0 Å². The predicted octanol–water partition coefficient (Wildman–Crippen LogP) is 3.67. The van der Waals surface area contributed by atoms with Gasteiger partial charge in [-0.15, -0.1) is 0 Å². The van der Waals surface area contributed by atoms with Crippen molar-refractivity contribution in [2.24, 2.45) is 0 Å². The molecule has 1 amide bonds. The molecule has 0 bridgehead atoms. The Kier molecular flexibility index (Phi) is 5.75. The van der Waals surface area contributed by atoms with Crippen LogP contribution in [0.3, 0.4) is 0 Å². The number of carbonyl (C=O) groups is 1. The van der Waals surface area contributed by atoms with E-state index >= 15 is 0 Å². The van der Waals surface area contributed by atoms with Crippen LogP contribution >= 0.6 is 11.6 Å². The van der Waals surface area contributed by atoms with Gasteiger partial charge in [-0.1, -0.05) is 35.4 Å². The third-order valence-corrected chi connectivity index (χ3v) is 5.10. The van der Waals surface area contributed by atoms with E-state index in [1.807, 2.05) is 32.9 Å². The number of benzene rings is 2. The molecule has 0 aliphatic carbocycles. The monoisotopic (exact) mass is 380 g/mol. The van der Waals surface area contributed by atoms with Gasteiger partial charge in [0.05, 0.1) is 11.9 Å². The number of sulfonamides is 1. The summed E-state index contributed by atoms with van der Waals surface area (Å²) in [6, 6.07) is 10.3. The molecule has 1 N–H and O–H groups in total. The summed E-state index contributed by atoms with van der Waals surface area (Å²) in [7, 11) is -3.64. The van der Waals surface area contributed by atoms with Crippen molar-refractivity contribution in [3.05, 3.63) is 58.1 Å². The topological polar surface area (TPSA) is 66.5 Å². The van der Waals surface area contributed by atoms with Gasteiger partial charge in [0, 0.05) is 10.7 Å². The van der Waals surface area contributed by atoms with Crippen LogP contribution in [0.15, 0.2) is 36.4 Å². The fourth-order valence-corrected chi connectivity index (χ4v) is 3.75. The highest BCUT2D eigenvalue weighted by molar-refractivity contribution is 7.92. The van der Waals surface area contributed by atoms with E-state index in [1.165, 1.54) is 6.07 Å². The van der Waals surface area contributed by atoms with Crippen molar-refractivity contribution in [3.8, 4) is 0 Å². The van der Waals surface area contributed by atoms with Gasteiger partial charge in [-0.3, -0.25) is 9.10 Å². The largest absolute Gasteiger partial charge is 0.324 e. The lowest BCUT2D eigenvalue weighted by Gasteiger charge is -2.22. The molecule has 0 fully saturated rings. The Bertz CT molecular complexity index is 887. The fraction of sp³-hybridized carbons (Fsp3) is 0.278. The molecule has 0 aromatic heterocycles. The number of hydrogen-bond acceptors (Lipinski definition) is 3. The molecule has 25 heavy (non-hydrogen) atoms. The third-order valence-electron chi connectivity index (χ3n) is 3.73. The molecule has 2 aromatic carbocycles. The van der Waals surface area contributed by atoms with Crippen molar-refractivity contribution >= 4 is 38.9 Å². The van der Waals surface area contributed by atoms with Crippen molar-refractivity contribution < 1.29 is 13.2 Å². The second-order valence-corrected chi connectivity index (χ2v) is 8.41.